The largest absolute Gasteiger partial charge is 0.488 e. The molecule has 1 heterocycles. The highest BCUT2D eigenvalue weighted by atomic mass is 16.5. The minimum Gasteiger partial charge on any atom is -0.488 e. The molecule has 6 heteroatoms. The minimum atomic E-state index is -0.316. The molecule has 1 aliphatic heterocycles. The van der Waals surface area contributed by atoms with E-state index in [1.165, 1.54) is 12.8 Å². The number of imide groups is 1. The molecule has 6 nitrogen and oxygen atoms in total. The molecule has 1 saturated heterocycles. The van der Waals surface area contributed by atoms with Crippen LogP contribution in [0, 0.1) is 0 Å². The summed E-state index contributed by atoms with van der Waals surface area (Å²) in [5.41, 5.74) is 1.41. The van der Waals surface area contributed by atoms with E-state index in [-0.39, 0.29) is 36.7 Å². The van der Waals surface area contributed by atoms with Gasteiger partial charge in [-0.15, -0.1) is 0 Å². The average Bonchev–Trinajstić information content (AvgIpc) is 3.33. The van der Waals surface area contributed by atoms with Gasteiger partial charge in [0.25, 0.3) is 5.91 Å². The van der Waals surface area contributed by atoms with Gasteiger partial charge in [-0.2, -0.15) is 0 Å². The smallest absolute Gasteiger partial charge is 0.255 e. The molecule has 2 aromatic rings. The maximum absolute atomic E-state index is 12.8. The molecule has 0 radical (unpaired) electrons. The van der Waals surface area contributed by atoms with Crippen molar-refractivity contribution in [1.29, 1.82) is 0 Å². The van der Waals surface area contributed by atoms with Crippen LogP contribution in [0.15, 0.2) is 48.5 Å². The van der Waals surface area contributed by atoms with E-state index in [1.54, 1.807) is 30.3 Å². The number of hydrogen-bond donors (Lipinski definition) is 1. The van der Waals surface area contributed by atoms with Crippen molar-refractivity contribution in [3.63, 3.8) is 0 Å². The zero-order valence-corrected chi connectivity index (χ0v) is 15.5. The van der Waals surface area contributed by atoms with Crippen LogP contribution in [-0.4, -0.2) is 23.8 Å². The van der Waals surface area contributed by atoms with Crippen LogP contribution in [0.5, 0.6) is 5.75 Å². The number of hydrogen-bond acceptors (Lipinski definition) is 4. The highest BCUT2D eigenvalue weighted by Gasteiger charge is 2.30. The third-order valence-corrected chi connectivity index (χ3v) is 5.15. The third-order valence-electron chi connectivity index (χ3n) is 5.15. The van der Waals surface area contributed by atoms with Crippen molar-refractivity contribution in [2.24, 2.45) is 0 Å². The molecule has 2 fully saturated rings. The lowest BCUT2D eigenvalue weighted by molar-refractivity contribution is -0.121. The maximum atomic E-state index is 12.8. The van der Waals surface area contributed by atoms with Crippen molar-refractivity contribution in [3.8, 4) is 5.75 Å². The summed E-state index contributed by atoms with van der Waals surface area (Å²) in [6.07, 6.45) is 5.00. The van der Waals surface area contributed by atoms with Gasteiger partial charge in [0, 0.05) is 18.4 Å². The topological polar surface area (TPSA) is 75.7 Å². The van der Waals surface area contributed by atoms with E-state index >= 15 is 0 Å². The van der Waals surface area contributed by atoms with Gasteiger partial charge in [-0.05, 0) is 56.0 Å². The normalized spacial score (nSPS) is 17.2. The second-order valence-electron chi connectivity index (χ2n) is 7.15. The highest BCUT2D eigenvalue weighted by molar-refractivity contribution is 6.20. The molecular formula is C22H22N2O4. The summed E-state index contributed by atoms with van der Waals surface area (Å²) in [4.78, 5) is 37.8. The van der Waals surface area contributed by atoms with Crippen molar-refractivity contribution in [2.75, 3.05) is 10.2 Å². The van der Waals surface area contributed by atoms with Crippen LogP contribution >= 0.6 is 0 Å². The summed E-state index contributed by atoms with van der Waals surface area (Å²) in [5, 5.41) is 2.89. The van der Waals surface area contributed by atoms with Gasteiger partial charge in [0.1, 0.15) is 5.75 Å². The van der Waals surface area contributed by atoms with E-state index in [0.29, 0.717) is 22.7 Å². The van der Waals surface area contributed by atoms with Crippen LogP contribution < -0.4 is 15.0 Å². The summed E-state index contributed by atoms with van der Waals surface area (Å²) in [6, 6.07) is 13.9. The molecule has 0 unspecified atom stereocenters. The predicted molar refractivity (Wildman–Crippen MR) is 105 cm³/mol. The quantitative estimate of drug-likeness (QED) is 0.801. The summed E-state index contributed by atoms with van der Waals surface area (Å²) in [6.45, 7) is 0. The molecule has 0 spiro atoms. The Balaban J connectivity index is 1.52. The standard InChI is InChI=1S/C22H22N2O4/c25-20-12-13-21(26)24(20)16-7-5-6-15(14-16)22(27)23-18-10-3-4-11-19(18)28-17-8-1-2-9-17/h3-7,10-11,14,17H,1-2,8-9,12-13H2,(H,23,27). The lowest BCUT2D eigenvalue weighted by Crippen LogP contribution is -2.28. The Labute approximate surface area is 163 Å². The van der Waals surface area contributed by atoms with Gasteiger partial charge < -0.3 is 10.1 Å². The number of ether oxygens (including phenoxy) is 1. The first-order valence-corrected chi connectivity index (χ1v) is 9.65. The summed E-state index contributed by atoms with van der Waals surface area (Å²) in [5.74, 6) is -0.136. The van der Waals surface area contributed by atoms with Gasteiger partial charge in [-0.1, -0.05) is 18.2 Å². The Morgan fingerprint density at radius 1 is 0.964 bits per heavy atom. The van der Waals surface area contributed by atoms with Gasteiger partial charge in [0.15, 0.2) is 0 Å². The molecule has 3 amide bonds. The molecule has 1 saturated carbocycles. The zero-order valence-electron chi connectivity index (χ0n) is 15.5. The minimum absolute atomic E-state index is 0.188. The number of carbonyl (C=O) groups excluding carboxylic acids is 3. The number of amides is 3. The summed E-state index contributed by atoms with van der Waals surface area (Å²) in [7, 11) is 0. The summed E-state index contributed by atoms with van der Waals surface area (Å²) < 4.78 is 6.06. The van der Waals surface area contributed by atoms with Crippen LogP contribution in [0.1, 0.15) is 48.9 Å². The monoisotopic (exact) mass is 378 g/mol. The fourth-order valence-electron chi connectivity index (χ4n) is 3.70. The lowest BCUT2D eigenvalue weighted by atomic mass is 10.1. The van der Waals surface area contributed by atoms with Crippen molar-refractivity contribution >= 4 is 29.1 Å². The highest BCUT2D eigenvalue weighted by Crippen LogP contribution is 2.30. The predicted octanol–water partition coefficient (Wildman–Crippen LogP) is 3.91. The molecule has 1 aliphatic carbocycles. The molecule has 2 aromatic carbocycles. The lowest BCUT2D eigenvalue weighted by Gasteiger charge is -2.17. The zero-order chi connectivity index (χ0) is 19.5. The van der Waals surface area contributed by atoms with Crippen molar-refractivity contribution in [1.82, 2.24) is 0 Å². The van der Waals surface area contributed by atoms with Gasteiger partial charge >= 0.3 is 0 Å². The maximum Gasteiger partial charge on any atom is 0.255 e. The Morgan fingerprint density at radius 3 is 2.43 bits per heavy atom. The molecule has 144 valence electrons. The van der Waals surface area contributed by atoms with Crippen LogP contribution in [0.25, 0.3) is 0 Å². The van der Waals surface area contributed by atoms with Crippen molar-refractivity contribution in [3.05, 3.63) is 54.1 Å². The molecule has 0 aromatic heterocycles. The first-order chi connectivity index (χ1) is 13.6. The second kappa shape index (κ2) is 7.84. The Kier molecular flexibility index (Phi) is 5.10. The van der Waals surface area contributed by atoms with E-state index in [1.807, 2.05) is 18.2 Å². The number of carbonyl (C=O) groups is 3. The second-order valence-corrected chi connectivity index (χ2v) is 7.15. The fourth-order valence-corrected chi connectivity index (χ4v) is 3.70. The van der Waals surface area contributed by atoms with E-state index in [4.69, 9.17) is 4.74 Å². The molecule has 2 aliphatic rings. The first-order valence-electron chi connectivity index (χ1n) is 9.65. The van der Waals surface area contributed by atoms with E-state index in [9.17, 15) is 14.4 Å². The number of rotatable bonds is 5. The number of benzene rings is 2. The van der Waals surface area contributed by atoms with E-state index in [2.05, 4.69) is 5.32 Å². The number of anilines is 2. The molecule has 4 rings (SSSR count). The molecular weight excluding hydrogens is 356 g/mol. The Bertz CT molecular complexity index is 902. The molecule has 1 N–H and O–H groups in total. The third kappa shape index (κ3) is 3.76. The van der Waals surface area contributed by atoms with Gasteiger partial charge in [-0.3, -0.25) is 19.3 Å². The average molecular weight is 378 g/mol. The van der Waals surface area contributed by atoms with Gasteiger partial charge in [-0.25, -0.2) is 0 Å². The van der Waals surface area contributed by atoms with Crippen LogP contribution in [0.4, 0.5) is 11.4 Å². The van der Waals surface area contributed by atoms with Gasteiger partial charge in [0.2, 0.25) is 11.8 Å². The Morgan fingerprint density at radius 2 is 1.68 bits per heavy atom. The Hall–Kier alpha value is -3.15. The fraction of sp³-hybridized carbons (Fsp3) is 0.318. The molecule has 0 atom stereocenters. The van der Waals surface area contributed by atoms with Crippen molar-refractivity contribution in [2.45, 2.75) is 44.6 Å². The van der Waals surface area contributed by atoms with Gasteiger partial charge in [0.05, 0.1) is 17.5 Å². The molecule has 28 heavy (non-hydrogen) atoms. The first kappa shape index (κ1) is 18.2. The number of para-hydroxylation sites is 2. The van der Waals surface area contributed by atoms with Crippen LogP contribution in [0.3, 0.4) is 0 Å². The van der Waals surface area contributed by atoms with E-state index in [0.717, 1.165) is 17.7 Å². The van der Waals surface area contributed by atoms with E-state index < -0.39 is 0 Å². The SMILES string of the molecule is O=C(Nc1ccccc1OC1CCCC1)c1cccc(N2C(=O)CCC2=O)c1. The molecule has 0 bridgehead atoms. The van der Waals surface area contributed by atoms with Crippen LogP contribution in [0.2, 0.25) is 0 Å². The number of nitrogens with zero attached hydrogens (tertiary/aromatic N) is 1. The number of nitrogens with one attached hydrogen (secondary N) is 1. The summed E-state index contributed by atoms with van der Waals surface area (Å²) >= 11 is 0. The van der Waals surface area contributed by atoms with Crippen molar-refractivity contribution < 1.29 is 19.1 Å². The van der Waals surface area contributed by atoms with Crippen LogP contribution in [-0.2, 0) is 9.59 Å².